The summed E-state index contributed by atoms with van der Waals surface area (Å²) in [4.78, 5) is 11.9. The molecule has 2 aromatic rings. The summed E-state index contributed by atoms with van der Waals surface area (Å²) in [5.41, 5.74) is 4.82. The Hall–Kier alpha value is -2.85. The number of benzene rings is 2. The third-order valence-corrected chi connectivity index (χ3v) is 8.61. The van der Waals surface area contributed by atoms with E-state index in [1.165, 1.54) is 55.2 Å². The molecule has 4 rings (SSSR count). The SMILES string of the molecule is O=C(O)[C@H]1CC=CC[C@H](CCCCCC[C@H]2C=C(CO)CC2)[C@H](c2ccc(O)cc2)Cc2cccc(c2)C1. The number of unbranched alkanes of at least 4 members (excludes halogenated alkanes) is 3. The molecule has 4 atom stereocenters. The van der Waals surface area contributed by atoms with Crippen molar-refractivity contribution in [2.75, 3.05) is 6.61 Å². The number of allylic oxidation sites excluding steroid dienone is 3. The number of carboxylic acid groups (broad SMARTS) is 1. The van der Waals surface area contributed by atoms with Crippen molar-refractivity contribution in [3.05, 3.63) is 89.0 Å². The van der Waals surface area contributed by atoms with Crippen LogP contribution in [0.5, 0.6) is 5.75 Å². The van der Waals surface area contributed by atoms with Gasteiger partial charge < -0.3 is 15.3 Å². The lowest BCUT2D eigenvalue weighted by Gasteiger charge is -2.28. The molecule has 0 aromatic heterocycles. The van der Waals surface area contributed by atoms with E-state index in [-0.39, 0.29) is 6.61 Å². The number of hydrogen-bond donors (Lipinski definition) is 3. The van der Waals surface area contributed by atoms with E-state index in [4.69, 9.17) is 0 Å². The highest BCUT2D eigenvalue weighted by molar-refractivity contribution is 5.70. The van der Waals surface area contributed by atoms with E-state index >= 15 is 0 Å². The van der Waals surface area contributed by atoms with Crippen molar-refractivity contribution >= 4 is 5.97 Å². The Morgan fingerprint density at radius 1 is 0.868 bits per heavy atom. The smallest absolute Gasteiger partial charge is 0.307 e. The van der Waals surface area contributed by atoms with Crippen molar-refractivity contribution in [1.82, 2.24) is 0 Å². The van der Waals surface area contributed by atoms with Crippen LogP contribution in [0.4, 0.5) is 0 Å². The lowest BCUT2D eigenvalue weighted by atomic mass is 9.76. The number of aliphatic hydroxyl groups excluding tert-OH is 1. The molecular formula is C34H44O4. The number of fused-ring (bicyclic) bond motifs is 2. The number of aliphatic hydroxyl groups is 1. The zero-order valence-electron chi connectivity index (χ0n) is 22.6. The zero-order valence-corrected chi connectivity index (χ0v) is 22.6. The minimum atomic E-state index is -0.726. The second-order valence-electron chi connectivity index (χ2n) is 11.4. The van der Waals surface area contributed by atoms with Gasteiger partial charge in [0, 0.05) is 0 Å². The molecule has 2 aliphatic carbocycles. The largest absolute Gasteiger partial charge is 0.508 e. The molecule has 0 radical (unpaired) electrons. The van der Waals surface area contributed by atoms with Gasteiger partial charge in [-0.05, 0) is 104 Å². The van der Waals surface area contributed by atoms with Gasteiger partial charge in [0.1, 0.15) is 5.75 Å². The monoisotopic (exact) mass is 516 g/mol. The van der Waals surface area contributed by atoms with Crippen molar-refractivity contribution in [3.8, 4) is 5.75 Å². The molecule has 2 bridgehead atoms. The number of rotatable bonds is 10. The maximum absolute atomic E-state index is 11.9. The topological polar surface area (TPSA) is 77.8 Å². The fourth-order valence-corrected chi connectivity index (χ4v) is 6.38. The van der Waals surface area contributed by atoms with Crippen LogP contribution in [0.25, 0.3) is 0 Å². The second-order valence-corrected chi connectivity index (χ2v) is 11.4. The lowest BCUT2D eigenvalue weighted by Crippen LogP contribution is -2.18. The van der Waals surface area contributed by atoms with Gasteiger partial charge >= 0.3 is 5.97 Å². The number of hydrogen-bond acceptors (Lipinski definition) is 3. The summed E-state index contributed by atoms with van der Waals surface area (Å²) in [6.07, 6.45) is 19.1. The molecule has 2 aromatic carbocycles. The van der Waals surface area contributed by atoms with Gasteiger partial charge in [0.15, 0.2) is 0 Å². The van der Waals surface area contributed by atoms with E-state index in [0.29, 0.717) is 36.3 Å². The quantitative estimate of drug-likeness (QED) is 0.224. The molecule has 3 N–H and O–H groups in total. The molecule has 0 aliphatic heterocycles. The van der Waals surface area contributed by atoms with Gasteiger partial charge in [-0.3, -0.25) is 4.79 Å². The van der Waals surface area contributed by atoms with Gasteiger partial charge in [-0.1, -0.05) is 80.3 Å². The first kappa shape index (κ1) is 28.2. The number of carbonyl (C=O) groups is 1. The van der Waals surface area contributed by atoms with Gasteiger partial charge in [0.05, 0.1) is 12.5 Å². The number of phenolic OH excluding ortho intramolecular Hbond substituents is 1. The van der Waals surface area contributed by atoms with E-state index in [2.05, 4.69) is 48.6 Å². The van der Waals surface area contributed by atoms with E-state index in [0.717, 1.165) is 31.2 Å². The molecule has 0 fully saturated rings. The zero-order chi connectivity index (χ0) is 26.7. The molecule has 204 valence electrons. The highest BCUT2D eigenvalue weighted by Crippen LogP contribution is 2.36. The number of aliphatic carboxylic acids is 1. The molecule has 4 heteroatoms. The van der Waals surface area contributed by atoms with Crippen LogP contribution in [0.1, 0.15) is 86.8 Å². The Morgan fingerprint density at radius 3 is 2.29 bits per heavy atom. The third-order valence-electron chi connectivity index (χ3n) is 8.61. The van der Waals surface area contributed by atoms with Crippen LogP contribution in [0, 0.1) is 17.8 Å². The summed E-state index contributed by atoms with van der Waals surface area (Å²) < 4.78 is 0. The molecular weight excluding hydrogens is 472 g/mol. The summed E-state index contributed by atoms with van der Waals surface area (Å²) in [5, 5.41) is 29.0. The van der Waals surface area contributed by atoms with Gasteiger partial charge in [0.25, 0.3) is 0 Å². The predicted molar refractivity (Wildman–Crippen MR) is 153 cm³/mol. The maximum atomic E-state index is 11.9. The highest BCUT2D eigenvalue weighted by atomic mass is 16.4. The van der Waals surface area contributed by atoms with Crippen LogP contribution in [-0.2, 0) is 17.6 Å². The van der Waals surface area contributed by atoms with E-state index < -0.39 is 11.9 Å². The Labute approximate surface area is 228 Å². The van der Waals surface area contributed by atoms with Crippen LogP contribution >= 0.6 is 0 Å². The van der Waals surface area contributed by atoms with E-state index in [1.54, 1.807) is 12.1 Å². The molecule has 0 saturated carbocycles. The summed E-state index contributed by atoms with van der Waals surface area (Å²) in [6, 6.07) is 16.2. The molecule has 2 aliphatic rings. The lowest BCUT2D eigenvalue weighted by molar-refractivity contribution is -0.141. The molecule has 38 heavy (non-hydrogen) atoms. The van der Waals surface area contributed by atoms with Gasteiger partial charge in [-0.15, -0.1) is 0 Å². The molecule has 0 spiro atoms. The summed E-state index contributed by atoms with van der Waals surface area (Å²) in [5.74, 6) is 0.616. The first-order valence-corrected chi connectivity index (χ1v) is 14.6. The van der Waals surface area contributed by atoms with Crippen molar-refractivity contribution in [1.29, 1.82) is 0 Å². The van der Waals surface area contributed by atoms with Crippen LogP contribution in [-0.4, -0.2) is 27.9 Å². The summed E-state index contributed by atoms with van der Waals surface area (Å²) in [7, 11) is 0. The highest BCUT2D eigenvalue weighted by Gasteiger charge is 2.24. The second kappa shape index (κ2) is 14.3. The summed E-state index contributed by atoms with van der Waals surface area (Å²) >= 11 is 0. The van der Waals surface area contributed by atoms with Gasteiger partial charge in [-0.25, -0.2) is 0 Å². The summed E-state index contributed by atoms with van der Waals surface area (Å²) in [6.45, 7) is 0.218. The van der Waals surface area contributed by atoms with Gasteiger partial charge in [-0.2, -0.15) is 0 Å². The molecule has 0 saturated heterocycles. The number of phenols is 1. The first-order valence-electron chi connectivity index (χ1n) is 14.6. The molecule has 0 amide bonds. The molecule has 4 nitrogen and oxygen atoms in total. The van der Waals surface area contributed by atoms with Crippen molar-refractivity contribution in [2.24, 2.45) is 17.8 Å². The van der Waals surface area contributed by atoms with Crippen LogP contribution in [0.3, 0.4) is 0 Å². The fourth-order valence-electron chi connectivity index (χ4n) is 6.38. The predicted octanol–water partition coefficient (Wildman–Crippen LogP) is 7.60. The number of aromatic hydroxyl groups is 1. The average Bonchev–Trinajstić information content (AvgIpc) is 3.38. The Morgan fingerprint density at radius 2 is 1.58 bits per heavy atom. The maximum Gasteiger partial charge on any atom is 0.307 e. The first-order chi connectivity index (χ1) is 18.5. The minimum Gasteiger partial charge on any atom is -0.508 e. The third kappa shape index (κ3) is 8.33. The number of carboxylic acids is 1. The molecule has 0 heterocycles. The Balaban J connectivity index is 1.44. The molecule has 0 unspecified atom stereocenters. The standard InChI is InChI=1S/C34H44O4/c35-24-28-15-14-25(20-28)8-3-1-2-4-11-29-12-5-6-13-31(34(37)38)22-26-9-7-10-27(21-26)23-33(29)30-16-18-32(36)19-17-30/h5-7,9-10,16-21,25,29,31,33,35-36H,1-4,8,11-15,22-24H2,(H,37,38)/t25-,29+,31+,33-/m1/s1. The fraction of sp³-hybridized carbons (Fsp3) is 0.500. The van der Waals surface area contributed by atoms with Crippen LogP contribution < -0.4 is 0 Å². The Kier molecular flexibility index (Phi) is 10.6. The van der Waals surface area contributed by atoms with Crippen molar-refractivity contribution in [3.63, 3.8) is 0 Å². The van der Waals surface area contributed by atoms with Crippen molar-refractivity contribution in [2.45, 2.75) is 83.0 Å². The van der Waals surface area contributed by atoms with Gasteiger partial charge in [0.2, 0.25) is 0 Å². The van der Waals surface area contributed by atoms with Crippen LogP contribution in [0.2, 0.25) is 0 Å². The van der Waals surface area contributed by atoms with Crippen LogP contribution in [0.15, 0.2) is 72.3 Å². The van der Waals surface area contributed by atoms with E-state index in [9.17, 15) is 20.1 Å². The minimum absolute atomic E-state index is 0.218. The normalized spacial score (nSPS) is 23.9. The Bertz CT molecular complexity index is 1080. The average molecular weight is 517 g/mol. The van der Waals surface area contributed by atoms with E-state index in [1.807, 2.05) is 6.07 Å². The van der Waals surface area contributed by atoms with Crippen molar-refractivity contribution < 1.29 is 20.1 Å².